The average molecular weight is 548 g/mol. The van der Waals surface area contributed by atoms with Gasteiger partial charge in [-0.05, 0) is 60.6 Å². The van der Waals surface area contributed by atoms with Gasteiger partial charge in [-0.25, -0.2) is 9.98 Å². The monoisotopic (exact) mass is 547 g/mol. The normalized spacial score (nSPS) is 16.9. The molecule has 3 aromatic rings. The standard InChI is InChI=1S/C34H34ClN5/c1-2-3-4-5-6-13-23-40-24-20-26(28-14-7-8-17-32(28)40)18-19-27(35)25-31-33(29-15-9-11-21-36-29)39-34(38-31)30-16-10-12-22-37-30/h7-12,14-22,24-25H,2-6,13,23H2,1H3/b26-18-,27-19-,31-25-. The van der Waals surface area contributed by atoms with Crippen LogP contribution in [0.2, 0.25) is 0 Å². The Balaban J connectivity index is 1.36. The fourth-order valence-electron chi connectivity index (χ4n) is 4.82. The van der Waals surface area contributed by atoms with Gasteiger partial charge in [0.2, 0.25) is 0 Å². The van der Waals surface area contributed by atoms with Crippen LogP contribution in [0.1, 0.15) is 62.4 Å². The van der Waals surface area contributed by atoms with E-state index in [1.807, 2.05) is 48.6 Å². The van der Waals surface area contributed by atoms with E-state index in [-0.39, 0.29) is 0 Å². The molecule has 0 saturated carbocycles. The van der Waals surface area contributed by atoms with Crippen molar-refractivity contribution >= 4 is 34.4 Å². The molecule has 0 bridgehead atoms. The molecular weight excluding hydrogens is 514 g/mol. The second kappa shape index (κ2) is 13.8. The number of para-hydroxylation sites is 1. The van der Waals surface area contributed by atoms with Crippen molar-refractivity contribution in [2.45, 2.75) is 45.4 Å². The first kappa shape index (κ1) is 27.5. The van der Waals surface area contributed by atoms with E-state index in [1.165, 1.54) is 49.8 Å². The summed E-state index contributed by atoms with van der Waals surface area (Å²) in [6, 6.07) is 20.0. The van der Waals surface area contributed by atoms with Crippen molar-refractivity contribution in [1.82, 2.24) is 9.97 Å². The van der Waals surface area contributed by atoms with E-state index in [9.17, 15) is 0 Å². The third-order valence-corrected chi connectivity index (χ3v) is 7.13. The van der Waals surface area contributed by atoms with Crippen molar-refractivity contribution in [3.63, 3.8) is 0 Å². The van der Waals surface area contributed by atoms with Crippen molar-refractivity contribution in [2.75, 3.05) is 11.4 Å². The predicted molar refractivity (Wildman–Crippen MR) is 168 cm³/mol. The number of hydrogen-bond donors (Lipinski definition) is 0. The Labute approximate surface area is 242 Å². The summed E-state index contributed by atoms with van der Waals surface area (Å²) >= 11 is 6.75. The van der Waals surface area contributed by atoms with E-state index < -0.39 is 0 Å². The van der Waals surface area contributed by atoms with Gasteiger partial charge in [-0.2, -0.15) is 0 Å². The zero-order chi connectivity index (χ0) is 27.6. The fourth-order valence-corrected chi connectivity index (χ4v) is 4.98. The number of allylic oxidation sites excluding steroid dienone is 7. The van der Waals surface area contributed by atoms with Crippen LogP contribution in [-0.2, 0) is 0 Å². The lowest BCUT2D eigenvalue weighted by atomic mass is 9.99. The largest absolute Gasteiger partial charge is 0.347 e. The molecule has 6 heteroatoms. The Morgan fingerprint density at radius 1 is 0.825 bits per heavy atom. The van der Waals surface area contributed by atoms with Gasteiger partial charge >= 0.3 is 0 Å². The first-order valence-electron chi connectivity index (χ1n) is 14.1. The number of unbranched alkanes of at least 4 members (excludes halogenated alkanes) is 5. The van der Waals surface area contributed by atoms with Gasteiger partial charge in [0.25, 0.3) is 0 Å². The number of nitrogens with zero attached hydrogens (tertiary/aromatic N) is 5. The highest BCUT2D eigenvalue weighted by atomic mass is 35.5. The van der Waals surface area contributed by atoms with Gasteiger partial charge in [0.15, 0.2) is 5.84 Å². The van der Waals surface area contributed by atoms with Crippen LogP contribution in [0.15, 0.2) is 124 Å². The molecule has 202 valence electrons. The Bertz CT molecular complexity index is 1480. The highest BCUT2D eigenvalue weighted by Crippen LogP contribution is 2.33. The third kappa shape index (κ3) is 6.91. The quantitative estimate of drug-likeness (QED) is 0.226. The van der Waals surface area contributed by atoms with Crippen LogP contribution in [0.5, 0.6) is 0 Å². The van der Waals surface area contributed by atoms with Crippen LogP contribution in [0.25, 0.3) is 5.57 Å². The summed E-state index contributed by atoms with van der Waals surface area (Å²) in [5.41, 5.74) is 6.33. The molecule has 0 spiro atoms. The van der Waals surface area contributed by atoms with Crippen molar-refractivity contribution in [3.8, 4) is 0 Å². The van der Waals surface area contributed by atoms with Gasteiger partial charge < -0.3 is 4.90 Å². The van der Waals surface area contributed by atoms with Gasteiger partial charge in [0.1, 0.15) is 11.4 Å². The highest BCUT2D eigenvalue weighted by Gasteiger charge is 2.21. The first-order valence-corrected chi connectivity index (χ1v) is 14.4. The van der Waals surface area contributed by atoms with E-state index >= 15 is 0 Å². The minimum absolute atomic E-state index is 0.546. The number of aromatic nitrogens is 2. The summed E-state index contributed by atoms with van der Waals surface area (Å²) in [4.78, 5) is 20.8. The van der Waals surface area contributed by atoms with Crippen LogP contribution in [-0.4, -0.2) is 28.1 Å². The number of fused-ring (bicyclic) bond motifs is 1. The van der Waals surface area contributed by atoms with Gasteiger partial charge in [0.05, 0.1) is 11.4 Å². The maximum atomic E-state index is 6.75. The van der Waals surface area contributed by atoms with Gasteiger partial charge in [0, 0.05) is 41.4 Å². The molecule has 0 atom stereocenters. The maximum Gasteiger partial charge on any atom is 0.179 e. The van der Waals surface area contributed by atoms with Crippen LogP contribution >= 0.6 is 11.6 Å². The molecule has 1 aromatic carbocycles. The molecule has 0 N–H and O–H groups in total. The highest BCUT2D eigenvalue weighted by molar-refractivity contribution is 6.32. The summed E-state index contributed by atoms with van der Waals surface area (Å²) in [7, 11) is 0. The Morgan fingerprint density at radius 3 is 2.33 bits per heavy atom. The zero-order valence-corrected chi connectivity index (χ0v) is 23.6. The molecule has 0 amide bonds. The fraction of sp³-hybridized carbons (Fsp3) is 0.235. The van der Waals surface area contributed by atoms with Crippen LogP contribution < -0.4 is 4.90 Å². The molecule has 0 unspecified atom stereocenters. The van der Waals surface area contributed by atoms with E-state index in [2.05, 4.69) is 64.4 Å². The van der Waals surface area contributed by atoms with Crippen molar-refractivity contribution in [3.05, 3.63) is 131 Å². The number of hydrogen-bond acceptors (Lipinski definition) is 5. The molecule has 2 aliphatic rings. The summed E-state index contributed by atoms with van der Waals surface area (Å²) < 4.78 is 0. The number of pyridine rings is 2. The van der Waals surface area contributed by atoms with E-state index in [0.717, 1.165) is 17.8 Å². The number of halogens is 1. The Hall–Kier alpha value is -4.09. The lowest BCUT2D eigenvalue weighted by Crippen LogP contribution is -2.21. The van der Waals surface area contributed by atoms with Crippen molar-refractivity contribution in [1.29, 1.82) is 0 Å². The van der Waals surface area contributed by atoms with Crippen LogP contribution in [0, 0.1) is 0 Å². The molecule has 2 aromatic heterocycles. The van der Waals surface area contributed by atoms with Crippen molar-refractivity contribution in [2.24, 2.45) is 9.98 Å². The minimum atomic E-state index is 0.546. The molecule has 0 fully saturated rings. The number of anilines is 1. The second-order valence-corrected chi connectivity index (χ2v) is 10.3. The van der Waals surface area contributed by atoms with Gasteiger partial charge in [-0.1, -0.05) is 87.0 Å². The molecular formula is C34H34ClN5. The average Bonchev–Trinajstić information content (AvgIpc) is 3.42. The minimum Gasteiger partial charge on any atom is -0.347 e. The molecule has 40 heavy (non-hydrogen) atoms. The summed E-state index contributed by atoms with van der Waals surface area (Å²) in [5.74, 6) is 0.546. The van der Waals surface area contributed by atoms with Gasteiger partial charge in [-0.3, -0.25) is 9.97 Å². The van der Waals surface area contributed by atoms with Gasteiger partial charge in [-0.15, -0.1) is 0 Å². The van der Waals surface area contributed by atoms with Crippen molar-refractivity contribution < 1.29 is 0 Å². The molecule has 5 rings (SSSR count). The lowest BCUT2D eigenvalue weighted by molar-refractivity contribution is 0.608. The smallest absolute Gasteiger partial charge is 0.179 e. The number of aliphatic imine (C=N–C) groups is 2. The van der Waals surface area contributed by atoms with E-state index in [4.69, 9.17) is 21.6 Å². The zero-order valence-electron chi connectivity index (χ0n) is 22.9. The third-order valence-electron chi connectivity index (χ3n) is 6.90. The SMILES string of the molecule is CCCCCCCCN1C=C/C(=C/C=C(Cl)/C=C2\N=C(c3ccccn3)N=C2c2ccccn2)c2ccccc21. The molecule has 2 aliphatic heterocycles. The topological polar surface area (TPSA) is 53.7 Å². The van der Waals surface area contributed by atoms with Crippen LogP contribution in [0.3, 0.4) is 0 Å². The Morgan fingerprint density at radius 2 is 1.55 bits per heavy atom. The summed E-state index contributed by atoms with van der Waals surface area (Å²) in [6.45, 7) is 3.29. The summed E-state index contributed by atoms with van der Waals surface area (Å²) in [5, 5.41) is 0.553. The number of benzene rings is 1. The maximum absolute atomic E-state index is 6.75. The number of rotatable bonds is 11. The molecule has 5 nitrogen and oxygen atoms in total. The Kier molecular flexibility index (Phi) is 9.49. The number of amidine groups is 1. The summed E-state index contributed by atoms with van der Waals surface area (Å²) in [6.07, 6.45) is 21.4. The first-order chi connectivity index (χ1) is 19.7. The molecule has 4 heterocycles. The molecule has 0 radical (unpaired) electrons. The lowest BCUT2D eigenvalue weighted by Gasteiger charge is -2.27. The molecule has 0 saturated heterocycles. The van der Waals surface area contributed by atoms with Crippen LogP contribution in [0.4, 0.5) is 5.69 Å². The van der Waals surface area contributed by atoms with E-state index in [1.54, 1.807) is 12.4 Å². The predicted octanol–water partition coefficient (Wildman–Crippen LogP) is 8.51. The van der Waals surface area contributed by atoms with E-state index in [0.29, 0.717) is 28.0 Å². The molecule has 0 aliphatic carbocycles. The second-order valence-electron chi connectivity index (χ2n) is 9.82.